The second-order valence-corrected chi connectivity index (χ2v) is 6.32. The average molecular weight is 349 g/mol. The van der Waals surface area contributed by atoms with Gasteiger partial charge in [0.15, 0.2) is 0 Å². The number of nitrogens with two attached hydrogens (primary N) is 1. The molecule has 4 heteroatoms. The third-order valence-electron chi connectivity index (χ3n) is 4.14. The Kier molecular flexibility index (Phi) is 4.38. The van der Waals surface area contributed by atoms with Crippen molar-refractivity contribution >= 4 is 15.9 Å². The molecule has 0 aromatic heterocycles. The highest BCUT2D eigenvalue weighted by atomic mass is 79.9. The number of benzene rings is 2. The van der Waals surface area contributed by atoms with E-state index in [1.807, 2.05) is 18.2 Å². The fourth-order valence-corrected chi connectivity index (χ4v) is 3.37. The van der Waals surface area contributed by atoms with Crippen molar-refractivity contribution < 1.29 is 4.39 Å². The Balaban J connectivity index is 1.86. The van der Waals surface area contributed by atoms with Crippen LogP contribution in [0.3, 0.4) is 0 Å². The maximum absolute atomic E-state index is 14.0. The summed E-state index contributed by atoms with van der Waals surface area (Å²) in [4.78, 5) is 2.27. The molecule has 3 rings (SSSR count). The maximum Gasteiger partial charge on any atom is 0.128 e. The van der Waals surface area contributed by atoms with Gasteiger partial charge in [0.2, 0.25) is 0 Å². The van der Waals surface area contributed by atoms with E-state index in [1.165, 1.54) is 17.2 Å². The topological polar surface area (TPSA) is 29.3 Å². The van der Waals surface area contributed by atoms with Crippen LogP contribution < -0.4 is 5.73 Å². The van der Waals surface area contributed by atoms with Gasteiger partial charge >= 0.3 is 0 Å². The van der Waals surface area contributed by atoms with Gasteiger partial charge in [-0.1, -0.05) is 46.3 Å². The summed E-state index contributed by atoms with van der Waals surface area (Å²) in [6.45, 7) is 2.05. The van der Waals surface area contributed by atoms with E-state index in [0.717, 1.165) is 23.0 Å². The van der Waals surface area contributed by atoms with Gasteiger partial charge in [0.25, 0.3) is 0 Å². The molecule has 1 heterocycles. The number of fused-ring (bicyclic) bond motifs is 1. The SMILES string of the molecule is NCC1c2ccccc2CCN1Cc1ccc(Br)cc1F. The molecule has 0 radical (unpaired) electrons. The van der Waals surface area contributed by atoms with Crippen LogP contribution in [-0.2, 0) is 13.0 Å². The lowest BCUT2D eigenvalue weighted by molar-refractivity contribution is 0.178. The Morgan fingerprint density at radius 3 is 2.81 bits per heavy atom. The summed E-state index contributed by atoms with van der Waals surface area (Å²) in [7, 11) is 0. The molecule has 2 N–H and O–H groups in total. The van der Waals surface area contributed by atoms with Crippen LogP contribution in [0.5, 0.6) is 0 Å². The standard InChI is InChI=1S/C17H18BrFN2/c18-14-6-5-13(16(19)9-14)11-21-8-7-12-3-1-2-4-15(12)17(21)10-20/h1-6,9,17H,7-8,10-11,20H2. The maximum atomic E-state index is 14.0. The molecule has 0 aliphatic carbocycles. The largest absolute Gasteiger partial charge is 0.329 e. The zero-order valence-corrected chi connectivity index (χ0v) is 13.3. The molecule has 110 valence electrons. The summed E-state index contributed by atoms with van der Waals surface area (Å²) in [5.74, 6) is -0.168. The summed E-state index contributed by atoms with van der Waals surface area (Å²) < 4.78 is 14.8. The highest BCUT2D eigenvalue weighted by Gasteiger charge is 2.26. The second kappa shape index (κ2) is 6.26. The number of hydrogen-bond acceptors (Lipinski definition) is 2. The van der Waals surface area contributed by atoms with Gasteiger partial charge in [-0.15, -0.1) is 0 Å². The van der Waals surface area contributed by atoms with Crippen LogP contribution in [0, 0.1) is 5.82 Å². The van der Waals surface area contributed by atoms with Crippen molar-refractivity contribution in [2.24, 2.45) is 5.73 Å². The lowest BCUT2D eigenvalue weighted by Crippen LogP contribution is -2.39. The molecule has 0 spiro atoms. The summed E-state index contributed by atoms with van der Waals surface area (Å²) in [5, 5.41) is 0. The van der Waals surface area contributed by atoms with Crippen molar-refractivity contribution in [3.8, 4) is 0 Å². The minimum Gasteiger partial charge on any atom is -0.329 e. The summed E-state index contributed by atoms with van der Waals surface area (Å²) >= 11 is 3.29. The van der Waals surface area contributed by atoms with Crippen LogP contribution in [0.15, 0.2) is 46.9 Å². The Hall–Kier alpha value is -1.23. The van der Waals surface area contributed by atoms with E-state index in [2.05, 4.69) is 39.0 Å². The first kappa shape index (κ1) is 14.7. The van der Waals surface area contributed by atoms with E-state index in [1.54, 1.807) is 0 Å². The smallest absolute Gasteiger partial charge is 0.128 e. The Labute approximate surface area is 132 Å². The van der Waals surface area contributed by atoms with Crippen LogP contribution in [-0.4, -0.2) is 18.0 Å². The Morgan fingerprint density at radius 2 is 2.05 bits per heavy atom. The van der Waals surface area contributed by atoms with Crippen molar-refractivity contribution in [2.45, 2.75) is 19.0 Å². The molecular weight excluding hydrogens is 331 g/mol. The molecule has 1 unspecified atom stereocenters. The summed E-state index contributed by atoms with van der Waals surface area (Å²) in [6, 6.07) is 13.8. The molecule has 0 amide bonds. The molecule has 21 heavy (non-hydrogen) atoms. The predicted octanol–water partition coefficient (Wildman–Crippen LogP) is 3.65. The summed E-state index contributed by atoms with van der Waals surface area (Å²) in [5.41, 5.74) is 9.34. The van der Waals surface area contributed by atoms with Crippen LogP contribution in [0.1, 0.15) is 22.7 Å². The van der Waals surface area contributed by atoms with Gasteiger partial charge in [-0.3, -0.25) is 4.90 Å². The van der Waals surface area contributed by atoms with E-state index in [4.69, 9.17) is 5.73 Å². The molecular formula is C17H18BrFN2. The number of nitrogens with zero attached hydrogens (tertiary/aromatic N) is 1. The Bertz CT molecular complexity index is 644. The van der Waals surface area contributed by atoms with Gasteiger partial charge in [-0.05, 0) is 29.7 Å². The van der Waals surface area contributed by atoms with E-state index in [0.29, 0.717) is 13.1 Å². The highest BCUT2D eigenvalue weighted by molar-refractivity contribution is 9.10. The van der Waals surface area contributed by atoms with Crippen molar-refractivity contribution in [3.63, 3.8) is 0 Å². The predicted molar refractivity (Wildman–Crippen MR) is 86.5 cm³/mol. The molecule has 1 aliphatic heterocycles. The van der Waals surface area contributed by atoms with Gasteiger partial charge in [0.05, 0.1) is 0 Å². The van der Waals surface area contributed by atoms with Crippen LogP contribution in [0.4, 0.5) is 4.39 Å². The molecule has 1 atom stereocenters. The van der Waals surface area contributed by atoms with Crippen molar-refractivity contribution in [1.29, 1.82) is 0 Å². The van der Waals surface area contributed by atoms with E-state index in [9.17, 15) is 4.39 Å². The van der Waals surface area contributed by atoms with Crippen molar-refractivity contribution in [2.75, 3.05) is 13.1 Å². The number of rotatable bonds is 3. The van der Waals surface area contributed by atoms with Gasteiger partial charge in [0, 0.05) is 35.7 Å². The molecule has 0 saturated heterocycles. The van der Waals surface area contributed by atoms with E-state index < -0.39 is 0 Å². The van der Waals surface area contributed by atoms with Gasteiger partial charge < -0.3 is 5.73 Å². The molecule has 2 aromatic carbocycles. The number of hydrogen-bond donors (Lipinski definition) is 1. The van der Waals surface area contributed by atoms with Crippen molar-refractivity contribution in [1.82, 2.24) is 4.90 Å². The van der Waals surface area contributed by atoms with Crippen molar-refractivity contribution in [3.05, 3.63) is 69.4 Å². The third kappa shape index (κ3) is 3.03. The molecule has 1 aliphatic rings. The lowest BCUT2D eigenvalue weighted by atomic mass is 9.92. The van der Waals surface area contributed by atoms with Gasteiger partial charge in [0.1, 0.15) is 5.82 Å². The second-order valence-electron chi connectivity index (χ2n) is 5.41. The van der Waals surface area contributed by atoms with Gasteiger partial charge in [-0.2, -0.15) is 0 Å². The van der Waals surface area contributed by atoms with Crippen LogP contribution in [0.25, 0.3) is 0 Å². The molecule has 0 bridgehead atoms. The summed E-state index contributed by atoms with van der Waals surface area (Å²) in [6.07, 6.45) is 0.991. The Morgan fingerprint density at radius 1 is 1.24 bits per heavy atom. The highest BCUT2D eigenvalue weighted by Crippen LogP contribution is 2.30. The first-order chi connectivity index (χ1) is 10.2. The van der Waals surface area contributed by atoms with Crippen LogP contribution in [0.2, 0.25) is 0 Å². The normalized spacial score (nSPS) is 18.5. The minimum absolute atomic E-state index is 0.165. The third-order valence-corrected chi connectivity index (χ3v) is 4.63. The molecule has 0 fully saturated rings. The van der Waals surface area contributed by atoms with E-state index in [-0.39, 0.29) is 11.9 Å². The monoisotopic (exact) mass is 348 g/mol. The zero-order chi connectivity index (χ0) is 14.8. The minimum atomic E-state index is -0.168. The average Bonchev–Trinajstić information content (AvgIpc) is 2.49. The fraction of sp³-hybridized carbons (Fsp3) is 0.294. The first-order valence-electron chi connectivity index (χ1n) is 7.15. The van der Waals surface area contributed by atoms with E-state index >= 15 is 0 Å². The zero-order valence-electron chi connectivity index (χ0n) is 11.7. The molecule has 2 aromatic rings. The molecule has 0 saturated carbocycles. The van der Waals surface area contributed by atoms with Gasteiger partial charge in [-0.25, -0.2) is 4.39 Å². The quantitative estimate of drug-likeness (QED) is 0.917. The number of halogens is 2. The van der Waals surface area contributed by atoms with Crippen LogP contribution >= 0.6 is 15.9 Å². The lowest BCUT2D eigenvalue weighted by Gasteiger charge is -2.36. The fourth-order valence-electron chi connectivity index (χ4n) is 3.04. The molecule has 2 nitrogen and oxygen atoms in total. The first-order valence-corrected chi connectivity index (χ1v) is 7.94.